The van der Waals surface area contributed by atoms with Crippen molar-refractivity contribution in [3.05, 3.63) is 83.3 Å². The van der Waals surface area contributed by atoms with E-state index in [1.807, 2.05) is 0 Å². The summed E-state index contributed by atoms with van der Waals surface area (Å²) in [5.74, 6) is 3.33. The van der Waals surface area contributed by atoms with Gasteiger partial charge in [0.05, 0.1) is 11.2 Å². The van der Waals surface area contributed by atoms with Gasteiger partial charge in [-0.25, -0.2) is 22.2 Å². The van der Waals surface area contributed by atoms with Gasteiger partial charge in [0, 0.05) is 35.0 Å². The van der Waals surface area contributed by atoms with Gasteiger partial charge in [0.25, 0.3) is 10.0 Å². The second-order valence-corrected chi connectivity index (χ2v) is 8.80. The fourth-order valence-corrected chi connectivity index (χ4v) is 4.46. The van der Waals surface area contributed by atoms with Crippen LogP contribution in [0.5, 0.6) is 0 Å². The fraction of sp³-hybridized carbons (Fsp3) is 0.0435. The number of anilines is 1. The molecule has 0 bridgehead atoms. The standard InChI is InChI=1S/C23H14ClF2N3O3S/c24-23-21(29-33(31,32)22-6-4-17(25)12-19(22)26)11-16(13-28-23)15-3-5-20-18(10-15)14(2-1-9-30)7-8-27-20/h3-8,10-13,29-30H,9H2. The van der Waals surface area contributed by atoms with E-state index in [1.165, 1.54) is 12.3 Å². The lowest BCUT2D eigenvalue weighted by molar-refractivity contribution is 0.350. The smallest absolute Gasteiger partial charge is 0.264 e. The number of nitrogens with zero attached hydrogens (tertiary/aromatic N) is 2. The molecule has 0 radical (unpaired) electrons. The quantitative estimate of drug-likeness (QED) is 0.331. The number of rotatable bonds is 4. The molecular weight excluding hydrogens is 472 g/mol. The van der Waals surface area contributed by atoms with E-state index in [-0.39, 0.29) is 17.4 Å². The average molecular weight is 486 g/mol. The van der Waals surface area contributed by atoms with Crippen LogP contribution < -0.4 is 4.72 Å². The van der Waals surface area contributed by atoms with Crippen LogP contribution in [0, 0.1) is 23.5 Å². The molecule has 2 heterocycles. The highest BCUT2D eigenvalue weighted by molar-refractivity contribution is 7.92. The predicted molar refractivity (Wildman–Crippen MR) is 121 cm³/mol. The highest BCUT2D eigenvalue weighted by Crippen LogP contribution is 2.31. The van der Waals surface area contributed by atoms with Crippen molar-refractivity contribution in [2.75, 3.05) is 11.3 Å². The molecule has 2 N–H and O–H groups in total. The number of nitrogens with one attached hydrogen (secondary N) is 1. The largest absolute Gasteiger partial charge is 0.384 e. The van der Waals surface area contributed by atoms with Crippen LogP contribution in [0.1, 0.15) is 5.56 Å². The Morgan fingerprint density at radius 2 is 1.85 bits per heavy atom. The van der Waals surface area contributed by atoms with Crippen molar-refractivity contribution in [2.24, 2.45) is 0 Å². The molecule has 0 aliphatic carbocycles. The summed E-state index contributed by atoms with van der Waals surface area (Å²) >= 11 is 6.08. The molecule has 4 aromatic rings. The summed E-state index contributed by atoms with van der Waals surface area (Å²) < 4.78 is 54.7. The molecule has 0 fully saturated rings. The van der Waals surface area contributed by atoms with Crippen LogP contribution in [0.4, 0.5) is 14.5 Å². The maximum Gasteiger partial charge on any atom is 0.264 e. The summed E-state index contributed by atoms with van der Waals surface area (Å²) in [4.78, 5) is 7.59. The molecule has 6 nitrogen and oxygen atoms in total. The van der Waals surface area contributed by atoms with E-state index in [9.17, 15) is 17.2 Å². The van der Waals surface area contributed by atoms with Crippen LogP contribution in [-0.4, -0.2) is 30.1 Å². The van der Waals surface area contributed by atoms with Crippen molar-refractivity contribution in [2.45, 2.75) is 4.90 Å². The summed E-state index contributed by atoms with van der Waals surface area (Å²) in [6.07, 6.45) is 3.06. The Morgan fingerprint density at radius 1 is 1.03 bits per heavy atom. The molecule has 0 unspecified atom stereocenters. The molecule has 0 atom stereocenters. The Morgan fingerprint density at radius 3 is 2.61 bits per heavy atom. The summed E-state index contributed by atoms with van der Waals surface area (Å²) in [7, 11) is -4.40. The van der Waals surface area contributed by atoms with Gasteiger partial charge < -0.3 is 5.11 Å². The van der Waals surface area contributed by atoms with Crippen LogP contribution in [-0.2, 0) is 10.0 Å². The number of pyridine rings is 2. The summed E-state index contributed by atoms with van der Waals surface area (Å²) in [6, 6.07) is 10.6. The zero-order valence-corrected chi connectivity index (χ0v) is 18.3. The lowest BCUT2D eigenvalue weighted by atomic mass is 10.0. The molecule has 2 aromatic carbocycles. The molecular formula is C23H14ClF2N3O3S. The highest BCUT2D eigenvalue weighted by atomic mass is 35.5. The number of aliphatic hydroxyl groups excluding tert-OH is 1. The Labute approximate surface area is 192 Å². The van der Waals surface area contributed by atoms with Crippen molar-refractivity contribution in [1.29, 1.82) is 0 Å². The van der Waals surface area contributed by atoms with Crippen LogP contribution in [0.2, 0.25) is 5.15 Å². The van der Waals surface area contributed by atoms with Gasteiger partial charge in [0.2, 0.25) is 0 Å². The number of aromatic nitrogens is 2. The first kappa shape index (κ1) is 22.6. The van der Waals surface area contributed by atoms with E-state index in [2.05, 4.69) is 26.5 Å². The van der Waals surface area contributed by atoms with Crippen LogP contribution >= 0.6 is 11.6 Å². The lowest BCUT2D eigenvalue weighted by Crippen LogP contribution is -2.15. The van der Waals surface area contributed by atoms with Gasteiger partial charge in [-0.3, -0.25) is 9.71 Å². The Bertz CT molecular complexity index is 1550. The summed E-state index contributed by atoms with van der Waals surface area (Å²) in [6.45, 7) is -0.289. The first-order valence-electron chi connectivity index (χ1n) is 9.41. The third kappa shape index (κ3) is 4.78. The molecule has 2 aromatic heterocycles. The molecule has 4 rings (SSSR count). The normalized spacial score (nSPS) is 11.2. The first-order chi connectivity index (χ1) is 15.8. The maximum atomic E-state index is 14.0. The van der Waals surface area contributed by atoms with Crippen LogP contribution in [0.15, 0.2) is 65.8 Å². The Balaban J connectivity index is 1.75. The van der Waals surface area contributed by atoms with Crippen LogP contribution in [0.3, 0.4) is 0 Å². The van der Waals surface area contributed by atoms with Crippen LogP contribution in [0.25, 0.3) is 22.0 Å². The van der Waals surface area contributed by atoms with Crippen molar-refractivity contribution in [3.63, 3.8) is 0 Å². The third-order valence-corrected chi connectivity index (χ3v) is 6.34. The van der Waals surface area contributed by atoms with Gasteiger partial charge >= 0.3 is 0 Å². The van der Waals surface area contributed by atoms with E-state index in [0.717, 1.165) is 17.5 Å². The molecule has 33 heavy (non-hydrogen) atoms. The third-order valence-electron chi connectivity index (χ3n) is 4.64. The van der Waals surface area contributed by atoms with Gasteiger partial charge in [-0.2, -0.15) is 0 Å². The van der Waals surface area contributed by atoms with E-state index in [4.69, 9.17) is 16.7 Å². The second kappa shape index (κ2) is 9.11. The molecule has 166 valence electrons. The van der Waals surface area contributed by atoms with E-state index in [0.29, 0.717) is 28.3 Å². The van der Waals surface area contributed by atoms with E-state index >= 15 is 0 Å². The topological polar surface area (TPSA) is 92.2 Å². The zero-order chi connectivity index (χ0) is 23.6. The van der Waals surface area contributed by atoms with Crippen molar-refractivity contribution in [1.82, 2.24) is 9.97 Å². The van der Waals surface area contributed by atoms with E-state index in [1.54, 1.807) is 30.5 Å². The summed E-state index contributed by atoms with van der Waals surface area (Å²) in [5, 5.41) is 9.56. The van der Waals surface area contributed by atoms with Gasteiger partial charge in [-0.1, -0.05) is 29.5 Å². The first-order valence-corrected chi connectivity index (χ1v) is 11.3. The molecule has 10 heteroatoms. The van der Waals surface area contributed by atoms with Crippen molar-refractivity contribution < 1.29 is 22.3 Å². The molecule has 0 aliphatic heterocycles. The number of sulfonamides is 1. The van der Waals surface area contributed by atoms with Gasteiger partial charge in [0.1, 0.15) is 23.1 Å². The van der Waals surface area contributed by atoms with Gasteiger partial charge in [-0.15, -0.1) is 0 Å². The fourth-order valence-electron chi connectivity index (χ4n) is 3.14. The number of halogens is 3. The molecule has 0 spiro atoms. The molecule has 0 saturated heterocycles. The number of aliphatic hydroxyl groups is 1. The molecule has 0 amide bonds. The minimum Gasteiger partial charge on any atom is -0.384 e. The Kier molecular flexibility index (Phi) is 6.24. The predicted octanol–water partition coefficient (Wildman–Crippen LogP) is 4.37. The second-order valence-electron chi connectivity index (χ2n) is 6.79. The number of hydrogen-bond donors (Lipinski definition) is 2. The maximum absolute atomic E-state index is 14.0. The number of fused-ring (bicyclic) bond motifs is 1. The van der Waals surface area contributed by atoms with Crippen molar-refractivity contribution >= 4 is 38.2 Å². The van der Waals surface area contributed by atoms with Gasteiger partial charge in [0.15, 0.2) is 5.15 Å². The van der Waals surface area contributed by atoms with Gasteiger partial charge in [-0.05, 0) is 42.0 Å². The number of hydrogen-bond acceptors (Lipinski definition) is 5. The lowest BCUT2D eigenvalue weighted by Gasteiger charge is -2.12. The minimum absolute atomic E-state index is 0.0792. The zero-order valence-electron chi connectivity index (χ0n) is 16.7. The molecule has 0 aliphatic rings. The number of benzene rings is 2. The average Bonchev–Trinajstić information content (AvgIpc) is 2.78. The minimum atomic E-state index is -4.40. The van der Waals surface area contributed by atoms with Crippen molar-refractivity contribution in [3.8, 4) is 23.0 Å². The Hall–Kier alpha value is -3.58. The van der Waals surface area contributed by atoms with E-state index < -0.39 is 26.6 Å². The SMILES string of the molecule is O=S(=O)(Nc1cc(-c2ccc3nccc(C#CCO)c3c2)cnc1Cl)c1ccc(F)cc1F. The monoisotopic (exact) mass is 485 g/mol. The molecule has 0 saturated carbocycles. The highest BCUT2D eigenvalue weighted by Gasteiger charge is 2.21. The summed E-state index contributed by atoms with van der Waals surface area (Å²) in [5.41, 5.74) is 2.44.